The molecule has 0 bridgehead atoms. The van der Waals surface area contributed by atoms with Crippen molar-refractivity contribution in [3.63, 3.8) is 0 Å². The number of hydrogen-bond acceptors (Lipinski definition) is 4. The normalized spacial score (nSPS) is 15.2. The highest BCUT2D eigenvalue weighted by Crippen LogP contribution is 2.25. The molecule has 0 amide bonds. The monoisotopic (exact) mass is 350 g/mol. The molecule has 0 saturated carbocycles. The van der Waals surface area contributed by atoms with Gasteiger partial charge in [-0.25, -0.2) is 0 Å². The first kappa shape index (κ1) is 19.5. The van der Waals surface area contributed by atoms with Crippen molar-refractivity contribution in [3.05, 3.63) is 58.8 Å². The van der Waals surface area contributed by atoms with Crippen molar-refractivity contribution in [2.45, 2.75) is 51.9 Å². The number of nitrogens with zero attached hydrogens (tertiary/aromatic N) is 1. The van der Waals surface area contributed by atoms with Crippen LogP contribution in [0.15, 0.2) is 53.3 Å². The molecule has 0 radical (unpaired) electrons. The van der Waals surface area contributed by atoms with E-state index in [1.54, 1.807) is 24.3 Å². The van der Waals surface area contributed by atoms with Crippen LogP contribution in [0.5, 0.6) is 5.75 Å². The Bertz CT molecular complexity index is 749. The molecule has 0 saturated heterocycles. The standard InChI is InChI=1S/C22H26N2O2/c1-2-3-4-5-6-7-22(25)26-21-12-8-17(9-13-21)14-19-15-20(24)11-10-18(19)16-23/h8-14H,2-7,15,24H2,1H3. The van der Waals surface area contributed by atoms with Crippen LogP contribution in [0.25, 0.3) is 6.08 Å². The third-order valence-electron chi connectivity index (χ3n) is 4.26. The zero-order chi connectivity index (χ0) is 18.8. The first-order chi connectivity index (χ1) is 12.6. The van der Waals surface area contributed by atoms with E-state index in [1.165, 1.54) is 19.3 Å². The number of ether oxygens (including phenoxy) is 1. The maximum Gasteiger partial charge on any atom is 0.311 e. The second kappa shape index (κ2) is 10.2. The Balaban J connectivity index is 1.89. The number of esters is 1. The fourth-order valence-corrected chi connectivity index (χ4v) is 2.80. The van der Waals surface area contributed by atoms with Gasteiger partial charge in [0.15, 0.2) is 0 Å². The lowest BCUT2D eigenvalue weighted by atomic mass is 9.95. The van der Waals surface area contributed by atoms with Gasteiger partial charge in [0.1, 0.15) is 5.75 Å². The third-order valence-corrected chi connectivity index (χ3v) is 4.26. The maximum atomic E-state index is 11.9. The van der Waals surface area contributed by atoms with E-state index in [9.17, 15) is 10.1 Å². The number of nitrogens with two attached hydrogens (primary N) is 1. The molecule has 4 nitrogen and oxygen atoms in total. The molecule has 1 aliphatic carbocycles. The molecule has 0 aliphatic heterocycles. The number of hydrogen-bond donors (Lipinski definition) is 1. The van der Waals surface area contributed by atoms with Gasteiger partial charge < -0.3 is 10.5 Å². The largest absolute Gasteiger partial charge is 0.427 e. The Labute approximate surface area is 155 Å². The topological polar surface area (TPSA) is 76.1 Å². The van der Waals surface area contributed by atoms with Crippen LogP contribution in [0.3, 0.4) is 0 Å². The molecule has 26 heavy (non-hydrogen) atoms. The molecule has 0 aromatic heterocycles. The van der Waals surface area contributed by atoms with Crippen LogP contribution in [0.4, 0.5) is 0 Å². The molecule has 0 atom stereocenters. The lowest BCUT2D eigenvalue weighted by Crippen LogP contribution is -2.07. The molecule has 1 aromatic carbocycles. The van der Waals surface area contributed by atoms with Gasteiger partial charge in [-0.1, -0.05) is 50.8 Å². The van der Waals surface area contributed by atoms with E-state index in [-0.39, 0.29) is 5.97 Å². The summed E-state index contributed by atoms with van der Waals surface area (Å²) < 4.78 is 5.37. The zero-order valence-electron chi connectivity index (χ0n) is 15.3. The van der Waals surface area contributed by atoms with Gasteiger partial charge in [-0.15, -0.1) is 0 Å². The van der Waals surface area contributed by atoms with Gasteiger partial charge in [-0.2, -0.15) is 5.26 Å². The molecular formula is C22H26N2O2. The van der Waals surface area contributed by atoms with Crippen LogP contribution in [-0.4, -0.2) is 5.97 Å². The van der Waals surface area contributed by atoms with Crippen molar-refractivity contribution in [1.82, 2.24) is 0 Å². The molecule has 0 heterocycles. The second-order valence-electron chi connectivity index (χ2n) is 6.49. The van der Waals surface area contributed by atoms with Gasteiger partial charge in [0.2, 0.25) is 0 Å². The first-order valence-corrected chi connectivity index (χ1v) is 9.20. The van der Waals surface area contributed by atoms with Gasteiger partial charge in [-0.05, 0) is 41.8 Å². The Hall–Kier alpha value is -2.80. The zero-order valence-corrected chi connectivity index (χ0v) is 15.3. The number of benzene rings is 1. The van der Waals surface area contributed by atoms with Crippen LogP contribution < -0.4 is 10.5 Å². The Morgan fingerprint density at radius 2 is 1.92 bits per heavy atom. The van der Waals surface area contributed by atoms with Crippen molar-refractivity contribution in [3.8, 4) is 11.8 Å². The van der Waals surface area contributed by atoms with E-state index >= 15 is 0 Å². The minimum absolute atomic E-state index is 0.188. The summed E-state index contributed by atoms with van der Waals surface area (Å²) in [4.78, 5) is 11.9. The Morgan fingerprint density at radius 1 is 1.19 bits per heavy atom. The number of rotatable bonds is 8. The third kappa shape index (κ3) is 6.25. The number of nitriles is 1. The number of carbonyl (C=O) groups is 1. The fourth-order valence-electron chi connectivity index (χ4n) is 2.80. The first-order valence-electron chi connectivity index (χ1n) is 9.20. The second-order valence-corrected chi connectivity index (χ2v) is 6.49. The number of carbonyl (C=O) groups excluding carboxylic acids is 1. The molecule has 136 valence electrons. The minimum atomic E-state index is -0.188. The highest BCUT2D eigenvalue weighted by molar-refractivity contribution is 5.72. The van der Waals surface area contributed by atoms with Crippen LogP contribution in [0.1, 0.15) is 57.4 Å². The van der Waals surface area contributed by atoms with Crippen molar-refractivity contribution in [1.29, 1.82) is 5.26 Å². The summed E-state index contributed by atoms with van der Waals surface area (Å²) in [5, 5.41) is 9.20. The van der Waals surface area contributed by atoms with E-state index in [1.807, 2.05) is 18.2 Å². The summed E-state index contributed by atoms with van der Waals surface area (Å²) in [7, 11) is 0. The summed E-state index contributed by atoms with van der Waals surface area (Å²) in [5.74, 6) is 0.359. The smallest absolute Gasteiger partial charge is 0.311 e. The molecule has 2 N–H and O–H groups in total. The quantitative estimate of drug-likeness (QED) is 0.405. The average Bonchev–Trinajstić information content (AvgIpc) is 2.63. The van der Waals surface area contributed by atoms with Gasteiger partial charge >= 0.3 is 5.97 Å². The van der Waals surface area contributed by atoms with E-state index in [0.29, 0.717) is 24.2 Å². The van der Waals surface area contributed by atoms with E-state index in [4.69, 9.17) is 10.5 Å². The van der Waals surface area contributed by atoms with Gasteiger partial charge in [0.05, 0.1) is 11.6 Å². The molecule has 1 aromatic rings. The van der Waals surface area contributed by atoms with Crippen molar-refractivity contribution >= 4 is 12.0 Å². The summed E-state index contributed by atoms with van der Waals surface area (Å²) in [5.41, 5.74) is 9.04. The summed E-state index contributed by atoms with van der Waals surface area (Å²) >= 11 is 0. The average molecular weight is 350 g/mol. The van der Waals surface area contributed by atoms with Crippen LogP contribution in [0, 0.1) is 11.3 Å². The number of allylic oxidation sites excluding steroid dienone is 4. The lowest BCUT2D eigenvalue weighted by molar-refractivity contribution is -0.134. The molecule has 2 rings (SSSR count). The SMILES string of the molecule is CCCCCCCC(=O)Oc1ccc(C=C2CC(N)=CC=C2C#N)cc1. The van der Waals surface area contributed by atoms with E-state index in [0.717, 1.165) is 29.7 Å². The fraction of sp³-hybridized carbons (Fsp3) is 0.364. The van der Waals surface area contributed by atoms with E-state index < -0.39 is 0 Å². The Kier molecular flexibility index (Phi) is 7.70. The van der Waals surface area contributed by atoms with Crippen LogP contribution in [-0.2, 0) is 4.79 Å². The lowest BCUT2D eigenvalue weighted by Gasteiger charge is -2.11. The van der Waals surface area contributed by atoms with Crippen molar-refractivity contribution < 1.29 is 9.53 Å². The Morgan fingerprint density at radius 3 is 2.62 bits per heavy atom. The maximum absolute atomic E-state index is 11.9. The molecular weight excluding hydrogens is 324 g/mol. The summed E-state index contributed by atoms with van der Waals surface area (Å²) in [6.45, 7) is 2.17. The number of unbranched alkanes of at least 4 members (excludes halogenated alkanes) is 4. The van der Waals surface area contributed by atoms with Crippen molar-refractivity contribution in [2.24, 2.45) is 5.73 Å². The van der Waals surface area contributed by atoms with Gasteiger partial charge in [0, 0.05) is 18.5 Å². The van der Waals surface area contributed by atoms with Gasteiger partial charge in [-0.3, -0.25) is 4.79 Å². The highest BCUT2D eigenvalue weighted by Gasteiger charge is 2.10. The van der Waals surface area contributed by atoms with Gasteiger partial charge in [0.25, 0.3) is 0 Å². The predicted molar refractivity (Wildman–Crippen MR) is 104 cm³/mol. The molecule has 1 aliphatic rings. The van der Waals surface area contributed by atoms with E-state index in [2.05, 4.69) is 13.0 Å². The molecule has 0 unspecified atom stereocenters. The predicted octanol–water partition coefficient (Wildman–Crippen LogP) is 5.03. The van der Waals surface area contributed by atoms with Crippen LogP contribution >= 0.6 is 0 Å². The highest BCUT2D eigenvalue weighted by atomic mass is 16.5. The summed E-state index contributed by atoms with van der Waals surface area (Å²) in [6.07, 6.45) is 12.0. The molecule has 0 fully saturated rings. The minimum Gasteiger partial charge on any atom is -0.427 e. The molecule has 0 spiro atoms. The summed E-state index contributed by atoms with van der Waals surface area (Å²) in [6, 6.07) is 9.49. The van der Waals surface area contributed by atoms with Crippen LogP contribution in [0.2, 0.25) is 0 Å². The molecule has 4 heteroatoms. The van der Waals surface area contributed by atoms with Crippen molar-refractivity contribution in [2.75, 3.05) is 0 Å².